The summed E-state index contributed by atoms with van der Waals surface area (Å²) in [5.41, 5.74) is 0. The monoisotopic (exact) mass is 198 g/mol. The molecule has 0 spiro atoms. The minimum absolute atomic E-state index is 0.0530. The van der Waals surface area contributed by atoms with E-state index in [2.05, 4.69) is 19.2 Å². The summed E-state index contributed by atoms with van der Waals surface area (Å²) >= 11 is 0. The highest BCUT2D eigenvalue weighted by Crippen LogP contribution is 2.23. The molecule has 0 aromatic heterocycles. The van der Waals surface area contributed by atoms with Crippen molar-refractivity contribution in [1.82, 2.24) is 10.2 Å². The van der Waals surface area contributed by atoms with E-state index in [4.69, 9.17) is 0 Å². The first-order valence-corrected chi connectivity index (χ1v) is 5.55. The second-order valence-electron chi connectivity index (χ2n) is 4.40. The molecule has 1 rings (SSSR count). The van der Waals surface area contributed by atoms with Gasteiger partial charge in [0.1, 0.15) is 0 Å². The minimum atomic E-state index is -0.0530. The molecule has 0 aromatic carbocycles. The highest BCUT2D eigenvalue weighted by molar-refractivity contribution is 5.81. The molecule has 3 atom stereocenters. The van der Waals surface area contributed by atoms with Crippen molar-refractivity contribution in [2.45, 2.75) is 45.7 Å². The molecule has 2 unspecified atom stereocenters. The molecule has 1 aliphatic heterocycles. The van der Waals surface area contributed by atoms with Gasteiger partial charge in [-0.15, -0.1) is 0 Å². The molecular formula is C11H22N2O. The van der Waals surface area contributed by atoms with Gasteiger partial charge in [-0.1, -0.05) is 6.92 Å². The van der Waals surface area contributed by atoms with Gasteiger partial charge >= 0.3 is 0 Å². The standard InChI is InChI=1S/C11H22N2O/c1-8-6-5-7-13(10(8)3)11(14)9(2)12-4/h8-10,12H,5-7H2,1-4H3/t8?,9-,10?/m0/s1. The summed E-state index contributed by atoms with van der Waals surface area (Å²) in [5.74, 6) is 0.878. The van der Waals surface area contributed by atoms with E-state index in [1.165, 1.54) is 6.42 Å². The molecule has 0 aromatic rings. The molecule has 1 saturated heterocycles. The first-order valence-electron chi connectivity index (χ1n) is 5.55. The molecule has 1 fully saturated rings. The highest BCUT2D eigenvalue weighted by Gasteiger charge is 2.30. The van der Waals surface area contributed by atoms with Crippen molar-refractivity contribution in [3.8, 4) is 0 Å². The van der Waals surface area contributed by atoms with Gasteiger partial charge in [-0.25, -0.2) is 0 Å². The smallest absolute Gasteiger partial charge is 0.239 e. The number of nitrogens with zero attached hydrogens (tertiary/aromatic N) is 1. The Bertz CT molecular complexity index is 205. The lowest BCUT2D eigenvalue weighted by molar-refractivity contribution is -0.137. The maximum absolute atomic E-state index is 11.9. The lowest BCUT2D eigenvalue weighted by Gasteiger charge is -2.39. The zero-order valence-electron chi connectivity index (χ0n) is 9.71. The van der Waals surface area contributed by atoms with Gasteiger partial charge in [0.05, 0.1) is 6.04 Å². The number of likely N-dealkylation sites (tertiary alicyclic amines) is 1. The first kappa shape index (κ1) is 11.5. The molecule has 82 valence electrons. The zero-order chi connectivity index (χ0) is 10.7. The van der Waals surface area contributed by atoms with E-state index in [0.29, 0.717) is 12.0 Å². The summed E-state index contributed by atoms with van der Waals surface area (Å²) in [6.45, 7) is 7.24. The fourth-order valence-electron chi connectivity index (χ4n) is 2.02. The number of carbonyl (C=O) groups is 1. The van der Waals surface area contributed by atoms with Gasteiger partial charge in [0.25, 0.3) is 0 Å². The van der Waals surface area contributed by atoms with Crippen LogP contribution in [0.3, 0.4) is 0 Å². The van der Waals surface area contributed by atoms with Gasteiger partial charge in [0.2, 0.25) is 5.91 Å². The number of hydrogen-bond acceptors (Lipinski definition) is 2. The average molecular weight is 198 g/mol. The Kier molecular flexibility index (Phi) is 3.93. The quantitative estimate of drug-likeness (QED) is 0.724. The third-order valence-electron chi connectivity index (χ3n) is 3.46. The zero-order valence-corrected chi connectivity index (χ0v) is 9.71. The summed E-state index contributed by atoms with van der Waals surface area (Å²) in [4.78, 5) is 14.0. The van der Waals surface area contributed by atoms with Crippen molar-refractivity contribution in [3.63, 3.8) is 0 Å². The van der Waals surface area contributed by atoms with Crippen LogP contribution in [0.4, 0.5) is 0 Å². The van der Waals surface area contributed by atoms with Crippen molar-refractivity contribution in [2.24, 2.45) is 5.92 Å². The second-order valence-corrected chi connectivity index (χ2v) is 4.40. The van der Waals surface area contributed by atoms with Gasteiger partial charge in [-0.2, -0.15) is 0 Å². The van der Waals surface area contributed by atoms with E-state index in [-0.39, 0.29) is 11.9 Å². The number of hydrogen-bond donors (Lipinski definition) is 1. The van der Waals surface area contributed by atoms with Crippen LogP contribution >= 0.6 is 0 Å². The van der Waals surface area contributed by atoms with Crippen LogP contribution in [0.1, 0.15) is 33.6 Å². The molecule has 0 saturated carbocycles. The molecule has 0 bridgehead atoms. The predicted molar refractivity (Wildman–Crippen MR) is 58.1 cm³/mol. The fraction of sp³-hybridized carbons (Fsp3) is 0.909. The number of piperidine rings is 1. The van der Waals surface area contributed by atoms with Gasteiger partial charge in [-0.05, 0) is 39.7 Å². The van der Waals surface area contributed by atoms with Crippen LogP contribution in [0.15, 0.2) is 0 Å². The maximum Gasteiger partial charge on any atom is 0.239 e. The van der Waals surface area contributed by atoms with Crippen LogP contribution in [0.2, 0.25) is 0 Å². The van der Waals surface area contributed by atoms with Crippen molar-refractivity contribution in [1.29, 1.82) is 0 Å². The maximum atomic E-state index is 11.9. The Balaban J connectivity index is 2.62. The predicted octanol–water partition coefficient (Wildman–Crippen LogP) is 1.24. The van der Waals surface area contributed by atoms with Gasteiger partial charge in [0, 0.05) is 12.6 Å². The molecule has 1 aliphatic rings. The Morgan fingerprint density at radius 2 is 2.14 bits per heavy atom. The fourth-order valence-corrected chi connectivity index (χ4v) is 2.02. The normalized spacial score (nSPS) is 30.1. The molecule has 3 nitrogen and oxygen atoms in total. The Labute approximate surface area is 86.9 Å². The van der Waals surface area contributed by atoms with Crippen LogP contribution in [-0.4, -0.2) is 36.5 Å². The van der Waals surface area contributed by atoms with Crippen LogP contribution in [0.5, 0.6) is 0 Å². The Morgan fingerprint density at radius 3 is 2.71 bits per heavy atom. The van der Waals surface area contributed by atoms with Crippen molar-refractivity contribution < 1.29 is 4.79 Å². The second kappa shape index (κ2) is 4.78. The largest absolute Gasteiger partial charge is 0.338 e. The SMILES string of the molecule is CN[C@@H](C)C(=O)N1CCCC(C)C1C. The first-order chi connectivity index (χ1) is 6.57. The number of carbonyl (C=O) groups excluding carboxylic acids is 1. The van der Waals surface area contributed by atoms with Gasteiger partial charge in [0.15, 0.2) is 0 Å². The number of rotatable bonds is 2. The molecule has 14 heavy (non-hydrogen) atoms. The molecule has 1 amide bonds. The molecule has 0 aliphatic carbocycles. The van der Waals surface area contributed by atoms with E-state index < -0.39 is 0 Å². The van der Waals surface area contributed by atoms with Crippen LogP contribution in [-0.2, 0) is 4.79 Å². The number of amides is 1. The van der Waals surface area contributed by atoms with Crippen molar-refractivity contribution in [2.75, 3.05) is 13.6 Å². The van der Waals surface area contributed by atoms with Crippen molar-refractivity contribution in [3.05, 3.63) is 0 Å². The van der Waals surface area contributed by atoms with Crippen molar-refractivity contribution >= 4 is 5.91 Å². The molecular weight excluding hydrogens is 176 g/mol. The van der Waals surface area contributed by atoms with E-state index in [9.17, 15) is 4.79 Å². The summed E-state index contributed by atoms with van der Waals surface area (Å²) in [7, 11) is 1.83. The Morgan fingerprint density at radius 1 is 1.50 bits per heavy atom. The number of likely N-dealkylation sites (N-methyl/N-ethyl adjacent to an activating group) is 1. The topological polar surface area (TPSA) is 32.3 Å². The molecule has 0 radical (unpaired) electrons. The number of nitrogens with one attached hydrogen (secondary N) is 1. The Hall–Kier alpha value is -0.570. The lowest BCUT2D eigenvalue weighted by Crippen LogP contribution is -2.51. The van der Waals surface area contributed by atoms with E-state index >= 15 is 0 Å². The minimum Gasteiger partial charge on any atom is -0.338 e. The van der Waals surface area contributed by atoms with E-state index in [1.807, 2.05) is 18.9 Å². The van der Waals surface area contributed by atoms with Crippen LogP contribution < -0.4 is 5.32 Å². The van der Waals surface area contributed by atoms with Gasteiger partial charge in [-0.3, -0.25) is 4.79 Å². The highest BCUT2D eigenvalue weighted by atomic mass is 16.2. The third-order valence-corrected chi connectivity index (χ3v) is 3.46. The van der Waals surface area contributed by atoms with E-state index in [1.54, 1.807) is 0 Å². The lowest BCUT2D eigenvalue weighted by atomic mass is 9.91. The van der Waals surface area contributed by atoms with Gasteiger partial charge < -0.3 is 10.2 Å². The molecule has 1 heterocycles. The summed E-state index contributed by atoms with van der Waals surface area (Å²) in [5, 5.41) is 3.01. The summed E-state index contributed by atoms with van der Waals surface area (Å²) in [6.07, 6.45) is 2.40. The average Bonchev–Trinajstić information content (AvgIpc) is 2.20. The summed E-state index contributed by atoms with van der Waals surface area (Å²) in [6, 6.07) is 0.342. The van der Waals surface area contributed by atoms with E-state index in [0.717, 1.165) is 13.0 Å². The van der Waals surface area contributed by atoms with Crippen LogP contribution in [0.25, 0.3) is 0 Å². The third kappa shape index (κ3) is 2.27. The molecule has 3 heteroatoms. The van der Waals surface area contributed by atoms with Crippen LogP contribution in [0, 0.1) is 5.92 Å². The molecule has 1 N–H and O–H groups in total. The summed E-state index contributed by atoms with van der Waals surface area (Å²) < 4.78 is 0.